The largest absolute Gasteiger partial charge is 0.480 e. The second kappa shape index (κ2) is 8.73. The van der Waals surface area contributed by atoms with Gasteiger partial charge in [0.25, 0.3) is 0 Å². The molecule has 0 aliphatic carbocycles. The molecule has 0 saturated carbocycles. The summed E-state index contributed by atoms with van der Waals surface area (Å²) < 4.78 is 0. The first-order valence-corrected chi connectivity index (χ1v) is 5.19. The van der Waals surface area contributed by atoms with Gasteiger partial charge in [-0.2, -0.15) is 0 Å². The van der Waals surface area contributed by atoms with Crippen molar-refractivity contribution in [3.05, 3.63) is 30.3 Å². The standard InChI is InChI=1S/C9H11NO2.C2H3ClO/c1-7(9(11)12)10-8-5-3-2-4-6-8;3-1-2-4/h2-7,10H,1H3,(H,11,12);2H,1H2. The van der Waals surface area contributed by atoms with Gasteiger partial charge in [-0.05, 0) is 19.1 Å². The fourth-order valence-electron chi connectivity index (χ4n) is 0.846. The Bertz CT molecular complexity index is 316. The number of carboxylic acids is 1. The molecule has 0 aliphatic heterocycles. The second-order valence-corrected chi connectivity index (χ2v) is 3.20. The average molecular weight is 244 g/mol. The van der Waals surface area contributed by atoms with Crippen LogP contribution in [0.4, 0.5) is 5.69 Å². The lowest BCUT2D eigenvalue weighted by Crippen LogP contribution is -2.25. The lowest BCUT2D eigenvalue weighted by Gasteiger charge is -2.09. The molecule has 1 aromatic carbocycles. The third-order valence-corrected chi connectivity index (χ3v) is 1.72. The number of hydrogen-bond donors (Lipinski definition) is 2. The van der Waals surface area contributed by atoms with Crippen LogP contribution in [0.1, 0.15) is 6.92 Å². The van der Waals surface area contributed by atoms with Crippen molar-refractivity contribution >= 4 is 29.5 Å². The zero-order chi connectivity index (χ0) is 12.4. The van der Waals surface area contributed by atoms with E-state index in [0.29, 0.717) is 6.29 Å². The minimum absolute atomic E-state index is 0.111. The van der Waals surface area contributed by atoms with Crippen LogP contribution < -0.4 is 5.32 Å². The van der Waals surface area contributed by atoms with Gasteiger partial charge in [-0.25, -0.2) is 0 Å². The Balaban J connectivity index is 0.000000487. The minimum atomic E-state index is -0.848. The number of nitrogens with one attached hydrogen (secondary N) is 1. The summed E-state index contributed by atoms with van der Waals surface area (Å²) in [7, 11) is 0. The molecule has 16 heavy (non-hydrogen) atoms. The molecule has 1 rings (SSSR count). The molecule has 0 heterocycles. The highest BCUT2D eigenvalue weighted by atomic mass is 35.5. The van der Waals surface area contributed by atoms with Crippen LogP contribution in [0, 0.1) is 0 Å². The first-order chi connectivity index (χ1) is 7.61. The molecule has 0 aliphatic rings. The number of aliphatic carboxylic acids is 1. The van der Waals surface area contributed by atoms with Crippen LogP contribution in [0.5, 0.6) is 0 Å². The molecular formula is C11H14ClNO3. The van der Waals surface area contributed by atoms with Crippen LogP contribution in [0.2, 0.25) is 0 Å². The van der Waals surface area contributed by atoms with E-state index in [-0.39, 0.29) is 5.88 Å². The third kappa shape index (κ3) is 6.84. The summed E-state index contributed by atoms with van der Waals surface area (Å²) in [4.78, 5) is 19.5. The Morgan fingerprint density at radius 2 is 2.00 bits per heavy atom. The Morgan fingerprint density at radius 3 is 2.38 bits per heavy atom. The van der Waals surface area contributed by atoms with Crippen molar-refractivity contribution < 1.29 is 14.7 Å². The van der Waals surface area contributed by atoms with Gasteiger partial charge in [0.05, 0.1) is 5.88 Å². The highest BCUT2D eigenvalue weighted by molar-refractivity contribution is 6.24. The number of rotatable bonds is 4. The normalized spacial score (nSPS) is 10.6. The highest BCUT2D eigenvalue weighted by Crippen LogP contribution is 2.06. The van der Waals surface area contributed by atoms with Crippen molar-refractivity contribution in [1.82, 2.24) is 0 Å². The number of anilines is 1. The van der Waals surface area contributed by atoms with Gasteiger partial charge >= 0.3 is 5.97 Å². The van der Waals surface area contributed by atoms with Crippen molar-refractivity contribution in [2.75, 3.05) is 11.2 Å². The molecule has 1 unspecified atom stereocenters. The molecule has 0 bridgehead atoms. The lowest BCUT2D eigenvalue weighted by atomic mass is 10.3. The molecule has 0 fully saturated rings. The number of carboxylic acid groups (broad SMARTS) is 1. The first-order valence-electron chi connectivity index (χ1n) is 4.65. The van der Waals surface area contributed by atoms with Gasteiger partial charge in [-0.15, -0.1) is 11.6 Å². The number of benzene rings is 1. The van der Waals surface area contributed by atoms with E-state index in [2.05, 4.69) is 5.32 Å². The Hall–Kier alpha value is -1.55. The summed E-state index contributed by atoms with van der Waals surface area (Å²) in [6.45, 7) is 1.61. The molecule has 0 aromatic heterocycles. The molecule has 2 N–H and O–H groups in total. The van der Waals surface area contributed by atoms with E-state index >= 15 is 0 Å². The maximum Gasteiger partial charge on any atom is 0.325 e. The fourth-order valence-corrected chi connectivity index (χ4v) is 0.846. The van der Waals surface area contributed by atoms with Crippen LogP contribution in [-0.4, -0.2) is 29.3 Å². The van der Waals surface area contributed by atoms with Gasteiger partial charge in [0.1, 0.15) is 12.3 Å². The monoisotopic (exact) mass is 243 g/mol. The van der Waals surface area contributed by atoms with Gasteiger partial charge in [0.2, 0.25) is 0 Å². The van der Waals surface area contributed by atoms with Gasteiger partial charge in [0, 0.05) is 5.69 Å². The minimum Gasteiger partial charge on any atom is -0.480 e. The predicted molar refractivity (Wildman–Crippen MR) is 63.9 cm³/mol. The maximum absolute atomic E-state index is 10.4. The van der Waals surface area contributed by atoms with Crippen LogP contribution in [0.25, 0.3) is 0 Å². The molecule has 0 radical (unpaired) electrons. The average Bonchev–Trinajstić information content (AvgIpc) is 2.30. The summed E-state index contributed by atoms with van der Waals surface area (Å²) in [6.07, 6.45) is 0.640. The van der Waals surface area contributed by atoms with Crippen molar-refractivity contribution in [3.8, 4) is 0 Å². The van der Waals surface area contributed by atoms with Crippen LogP contribution in [0.15, 0.2) is 30.3 Å². The van der Waals surface area contributed by atoms with Crippen molar-refractivity contribution in [1.29, 1.82) is 0 Å². The summed E-state index contributed by atoms with van der Waals surface area (Å²) in [5, 5.41) is 11.4. The Labute approximate surface area is 99.2 Å². The number of hydrogen-bond acceptors (Lipinski definition) is 3. The van der Waals surface area contributed by atoms with E-state index in [4.69, 9.17) is 21.5 Å². The van der Waals surface area contributed by atoms with E-state index in [1.165, 1.54) is 0 Å². The number of para-hydroxylation sites is 1. The van der Waals surface area contributed by atoms with E-state index in [0.717, 1.165) is 5.69 Å². The van der Waals surface area contributed by atoms with Crippen LogP contribution in [0.3, 0.4) is 0 Å². The number of aldehydes is 1. The summed E-state index contributed by atoms with van der Waals surface area (Å²) in [6, 6.07) is 8.72. The second-order valence-electron chi connectivity index (χ2n) is 2.89. The Kier molecular flexibility index (Phi) is 7.89. The molecule has 5 heteroatoms. The number of halogens is 1. The number of carbonyl (C=O) groups excluding carboxylic acids is 1. The quantitative estimate of drug-likeness (QED) is 0.627. The number of carbonyl (C=O) groups is 2. The van der Waals surface area contributed by atoms with E-state index < -0.39 is 12.0 Å². The molecule has 0 saturated heterocycles. The highest BCUT2D eigenvalue weighted by Gasteiger charge is 2.08. The van der Waals surface area contributed by atoms with Crippen molar-refractivity contribution in [2.45, 2.75) is 13.0 Å². The third-order valence-electron chi connectivity index (χ3n) is 1.59. The molecule has 1 aromatic rings. The zero-order valence-corrected chi connectivity index (χ0v) is 9.65. The van der Waals surface area contributed by atoms with Gasteiger partial charge < -0.3 is 15.2 Å². The molecule has 0 amide bonds. The van der Waals surface area contributed by atoms with Gasteiger partial charge in [-0.1, -0.05) is 18.2 Å². The molecule has 0 spiro atoms. The molecule has 4 nitrogen and oxygen atoms in total. The maximum atomic E-state index is 10.4. The molecular weight excluding hydrogens is 230 g/mol. The molecule has 1 atom stereocenters. The van der Waals surface area contributed by atoms with E-state index in [1.54, 1.807) is 6.92 Å². The van der Waals surface area contributed by atoms with E-state index in [1.807, 2.05) is 30.3 Å². The lowest BCUT2D eigenvalue weighted by molar-refractivity contribution is -0.137. The number of alkyl halides is 1. The topological polar surface area (TPSA) is 66.4 Å². The van der Waals surface area contributed by atoms with Crippen LogP contribution in [-0.2, 0) is 9.59 Å². The van der Waals surface area contributed by atoms with Gasteiger partial charge in [0.15, 0.2) is 0 Å². The fraction of sp³-hybridized carbons (Fsp3) is 0.273. The summed E-state index contributed by atoms with van der Waals surface area (Å²) in [5.41, 5.74) is 0.826. The SMILES string of the molecule is CC(Nc1ccccc1)C(=O)O.O=CCCl. The Morgan fingerprint density at radius 1 is 1.50 bits per heavy atom. The van der Waals surface area contributed by atoms with Crippen LogP contribution >= 0.6 is 11.6 Å². The smallest absolute Gasteiger partial charge is 0.325 e. The predicted octanol–water partition coefficient (Wildman–Crippen LogP) is 2.00. The molecule has 88 valence electrons. The summed E-state index contributed by atoms with van der Waals surface area (Å²) >= 11 is 4.82. The summed E-state index contributed by atoms with van der Waals surface area (Å²) in [5.74, 6) is -0.737. The first kappa shape index (κ1) is 14.5. The zero-order valence-electron chi connectivity index (χ0n) is 8.89. The van der Waals surface area contributed by atoms with Crippen molar-refractivity contribution in [2.24, 2.45) is 0 Å². The van der Waals surface area contributed by atoms with Crippen molar-refractivity contribution in [3.63, 3.8) is 0 Å². The van der Waals surface area contributed by atoms with Gasteiger partial charge in [-0.3, -0.25) is 4.79 Å². The van der Waals surface area contributed by atoms with E-state index in [9.17, 15) is 4.79 Å².